The minimum atomic E-state index is -4.32. The molecule has 78 valence electrons. The van der Waals surface area contributed by atoms with Gasteiger partial charge in [-0.2, -0.15) is 13.2 Å². The van der Waals surface area contributed by atoms with Crippen LogP contribution >= 0.6 is 12.4 Å². The Bertz CT molecular complexity index is 197. The Labute approximate surface area is 79.5 Å². The second-order valence-corrected chi connectivity index (χ2v) is 2.85. The summed E-state index contributed by atoms with van der Waals surface area (Å²) < 4.78 is 35.3. The number of carbonyl (C=O) groups is 1. The second-order valence-electron chi connectivity index (χ2n) is 2.85. The zero-order valence-electron chi connectivity index (χ0n) is 6.67. The average Bonchev–Trinajstić information content (AvgIpc) is 2.06. The predicted octanol–water partition coefficient (Wildman–Crippen LogP) is 0.530. The van der Waals surface area contributed by atoms with E-state index in [-0.39, 0.29) is 25.4 Å². The summed E-state index contributed by atoms with van der Waals surface area (Å²) in [7, 11) is 0. The first-order valence-electron chi connectivity index (χ1n) is 3.48. The van der Waals surface area contributed by atoms with E-state index < -0.39 is 24.7 Å². The number of hydrogen-bond donors (Lipinski definition) is 1. The van der Waals surface area contributed by atoms with Crippen LogP contribution in [0.4, 0.5) is 13.2 Å². The van der Waals surface area contributed by atoms with Crippen LogP contribution in [0, 0.1) is 0 Å². The highest BCUT2D eigenvalue weighted by atomic mass is 35.5. The van der Waals surface area contributed by atoms with E-state index in [0.717, 1.165) is 4.90 Å². The van der Waals surface area contributed by atoms with Crippen LogP contribution in [0.5, 0.6) is 0 Å². The fourth-order valence-electron chi connectivity index (χ4n) is 1.17. The van der Waals surface area contributed by atoms with E-state index in [1.54, 1.807) is 0 Å². The summed E-state index contributed by atoms with van der Waals surface area (Å²) in [6.45, 7) is -1.17. The topological polar surface area (TPSA) is 46.3 Å². The maximum absolute atomic E-state index is 11.8. The molecule has 7 heteroatoms. The van der Waals surface area contributed by atoms with E-state index in [2.05, 4.69) is 0 Å². The molecule has 1 saturated heterocycles. The highest BCUT2D eigenvalue weighted by Gasteiger charge is 2.37. The molecule has 0 aliphatic carbocycles. The molecule has 1 unspecified atom stereocenters. The lowest BCUT2D eigenvalue weighted by atomic mass is 10.3. The van der Waals surface area contributed by atoms with Crippen LogP contribution in [0.2, 0.25) is 0 Å². The lowest BCUT2D eigenvalue weighted by Crippen LogP contribution is -2.36. The second kappa shape index (κ2) is 4.15. The van der Waals surface area contributed by atoms with Gasteiger partial charge in [-0.1, -0.05) is 0 Å². The Morgan fingerprint density at radius 1 is 1.54 bits per heavy atom. The molecule has 0 bridgehead atoms. The Hall–Kier alpha value is -0.490. The molecule has 1 amide bonds. The summed E-state index contributed by atoms with van der Waals surface area (Å²) >= 11 is 0. The lowest BCUT2D eigenvalue weighted by Gasteiger charge is -2.17. The Morgan fingerprint density at radius 2 is 2.08 bits per heavy atom. The summed E-state index contributed by atoms with van der Waals surface area (Å²) in [6.07, 6.45) is -4.30. The van der Waals surface area contributed by atoms with Gasteiger partial charge in [0, 0.05) is 19.0 Å². The molecule has 1 heterocycles. The standard InChI is InChI=1S/C6H9F3N2O.ClH/c7-6(8,9)3-11-2-4(10)1-5(11)12;/h4H,1-3,10H2;1H. The molecule has 0 spiro atoms. The zero-order chi connectivity index (χ0) is 9.35. The number of nitrogens with zero attached hydrogens (tertiary/aromatic N) is 1. The molecular formula is C6H10ClF3N2O. The number of likely N-dealkylation sites (tertiary alicyclic amines) is 1. The van der Waals surface area contributed by atoms with Gasteiger partial charge in [-0.25, -0.2) is 0 Å². The molecule has 3 nitrogen and oxygen atoms in total. The van der Waals surface area contributed by atoms with E-state index in [1.165, 1.54) is 0 Å². The van der Waals surface area contributed by atoms with Crippen LogP contribution in [-0.2, 0) is 4.79 Å². The smallest absolute Gasteiger partial charge is 0.332 e. The predicted molar refractivity (Wildman–Crippen MR) is 42.5 cm³/mol. The largest absolute Gasteiger partial charge is 0.406 e. The van der Waals surface area contributed by atoms with E-state index in [0.29, 0.717) is 0 Å². The molecule has 0 aromatic heterocycles. The highest BCUT2D eigenvalue weighted by molar-refractivity contribution is 5.85. The van der Waals surface area contributed by atoms with Gasteiger partial charge in [0.05, 0.1) is 0 Å². The first-order chi connectivity index (χ1) is 5.38. The number of alkyl halides is 3. The Balaban J connectivity index is 0.00000144. The molecule has 13 heavy (non-hydrogen) atoms. The van der Waals surface area contributed by atoms with Gasteiger partial charge in [-0.15, -0.1) is 12.4 Å². The van der Waals surface area contributed by atoms with Crippen molar-refractivity contribution < 1.29 is 18.0 Å². The number of amides is 1. The minimum absolute atomic E-state index is 0. The van der Waals surface area contributed by atoms with Crippen molar-refractivity contribution in [3.8, 4) is 0 Å². The van der Waals surface area contributed by atoms with Crippen LogP contribution < -0.4 is 5.73 Å². The first kappa shape index (κ1) is 12.5. The van der Waals surface area contributed by atoms with Crippen LogP contribution in [-0.4, -0.2) is 36.1 Å². The quantitative estimate of drug-likeness (QED) is 0.698. The van der Waals surface area contributed by atoms with Crippen molar-refractivity contribution in [2.45, 2.75) is 18.6 Å². The summed E-state index contributed by atoms with van der Waals surface area (Å²) in [6, 6.07) is -0.445. The third-order valence-electron chi connectivity index (χ3n) is 1.61. The number of rotatable bonds is 1. The number of hydrogen-bond acceptors (Lipinski definition) is 2. The number of carbonyl (C=O) groups excluding carboxylic acids is 1. The normalized spacial score (nSPS) is 23.2. The van der Waals surface area contributed by atoms with Gasteiger partial charge in [0.1, 0.15) is 6.54 Å². The fourth-order valence-corrected chi connectivity index (χ4v) is 1.17. The van der Waals surface area contributed by atoms with Crippen molar-refractivity contribution >= 4 is 18.3 Å². The van der Waals surface area contributed by atoms with Crippen LogP contribution in [0.3, 0.4) is 0 Å². The number of nitrogens with two attached hydrogens (primary N) is 1. The summed E-state index contributed by atoms with van der Waals surface area (Å²) in [5.41, 5.74) is 5.30. The fraction of sp³-hybridized carbons (Fsp3) is 0.833. The molecule has 1 atom stereocenters. The van der Waals surface area contributed by atoms with Gasteiger partial charge in [-0.3, -0.25) is 4.79 Å². The minimum Gasteiger partial charge on any atom is -0.332 e. The maximum atomic E-state index is 11.8. The number of halogens is 4. The molecule has 1 rings (SSSR count). The van der Waals surface area contributed by atoms with Crippen molar-refractivity contribution in [2.24, 2.45) is 5.73 Å². The monoisotopic (exact) mass is 218 g/mol. The Morgan fingerprint density at radius 3 is 2.38 bits per heavy atom. The van der Waals surface area contributed by atoms with Crippen molar-refractivity contribution in [1.29, 1.82) is 0 Å². The van der Waals surface area contributed by atoms with E-state index in [4.69, 9.17) is 5.73 Å². The van der Waals surface area contributed by atoms with Crippen LogP contribution in [0.1, 0.15) is 6.42 Å². The van der Waals surface area contributed by atoms with E-state index in [9.17, 15) is 18.0 Å². The van der Waals surface area contributed by atoms with Crippen molar-refractivity contribution in [2.75, 3.05) is 13.1 Å². The lowest BCUT2D eigenvalue weighted by molar-refractivity contribution is -0.157. The molecule has 0 aromatic carbocycles. The molecule has 1 aliphatic heterocycles. The van der Waals surface area contributed by atoms with Gasteiger partial charge >= 0.3 is 6.18 Å². The molecule has 1 aliphatic rings. The van der Waals surface area contributed by atoms with E-state index in [1.807, 2.05) is 0 Å². The SMILES string of the molecule is Cl.NC1CC(=O)N(CC(F)(F)F)C1. The third-order valence-corrected chi connectivity index (χ3v) is 1.61. The molecule has 0 aromatic rings. The van der Waals surface area contributed by atoms with Crippen molar-refractivity contribution in [3.63, 3.8) is 0 Å². The summed E-state index contributed by atoms with van der Waals surface area (Å²) in [4.78, 5) is 11.5. The zero-order valence-corrected chi connectivity index (χ0v) is 7.49. The summed E-state index contributed by atoms with van der Waals surface area (Å²) in [5, 5.41) is 0. The van der Waals surface area contributed by atoms with Gasteiger partial charge in [0.2, 0.25) is 5.91 Å². The third kappa shape index (κ3) is 3.82. The molecule has 0 saturated carbocycles. The van der Waals surface area contributed by atoms with Crippen molar-refractivity contribution in [1.82, 2.24) is 4.90 Å². The van der Waals surface area contributed by atoms with E-state index >= 15 is 0 Å². The Kier molecular flexibility index (Phi) is 3.99. The first-order valence-corrected chi connectivity index (χ1v) is 3.48. The molecule has 0 radical (unpaired) electrons. The van der Waals surface area contributed by atoms with Crippen molar-refractivity contribution in [3.05, 3.63) is 0 Å². The molecular weight excluding hydrogens is 209 g/mol. The summed E-state index contributed by atoms with van der Waals surface area (Å²) in [5.74, 6) is -0.514. The highest BCUT2D eigenvalue weighted by Crippen LogP contribution is 2.19. The van der Waals surface area contributed by atoms with Gasteiger partial charge in [-0.05, 0) is 0 Å². The van der Waals surface area contributed by atoms with Crippen LogP contribution in [0.15, 0.2) is 0 Å². The maximum Gasteiger partial charge on any atom is 0.406 e. The molecule has 2 N–H and O–H groups in total. The van der Waals surface area contributed by atoms with Crippen LogP contribution in [0.25, 0.3) is 0 Å². The van der Waals surface area contributed by atoms with Gasteiger partial charge in [0.15, 0.2) is 0 Å². The van der Waals surface area contributed by atoms with Gasteiger partial charge in [0.25, 0.3) is 0 Å². The average molecular weight is 219 g/mol. The van der Waals surface area contributed by atoms with Gasteiger partial charge < -0.3 is 10.6 Å². The molecule has 1 fully saturated rings.